The summed E-state index contributed by atoms with van der Waals surface area (Å²) in [7, 11) is 1.44. The first-order chi connectivity index (χ1) is 16.9. The predicted octanol–water partition coefficient (Wildman–Crippen LogP) is 2.63. The number of alkyl carbamates (subject to hydrolysis) is 1. The molecule has 2 aromatic carbocycles. The number of hydrogen-bond acceptors (Lipinski definition) is 6. The number of rotatable bonds is 8. The Morgan fingerprint density at radius 2 is 1.74 bits per heavy atom. The fraction of sp³-hybridized carbons (Fsp3) is 0.423. The van der Waals surface area contributed by atoms with E-state index in [-0.39, 0.29) is 32.1 Å². The van der Waals surface area contributed by atoms with Crippen molar-refractivity contribution in [2.45, 2.75) is 37.5 Å². The number of carboxylic acid groups (broad SMARTS) is 1. The van der Waals surface area contributed by atoms with Crippen molar-refractivity contribution in [2.24, 2.45) is 0 Å². The molecule has 0 spiro atoms. The monoisotopic (exact) mass is 482 g/mol. The molecule has 1 heterocycles. The Labute approximate surface area is 204 Å². The van der Waals surface area contributed by atoms with Crippen LogP contribution < -0.4 is 5.32 Å². The van der Waals surface area contributed by atoms with Crippen LogP contribution in [0.15, 0.2) is 48.5 Å². The average molecular weight is 483 g/mol. The SMILES string of the molecule is COC(C)C(NC(=O)OCC1c2ccccc2-c2ccccc21)C(=O)N1CCOCC1CC(=O)O. The van der Waals surface area contributed by atoms with E-state index in [4.69, 9.17) is 14.2 Å². The third-order valence-corrected chi connectivity index (χ3v) is 6.65. The minimum atomic E-state index is -1.04. The highest BCUT2D eigenvalue weighted by Crippen LogP contribution is 2.44. The molecule has 35 heavy (non-hydrogen) atoms. The lowest BCUT2D eigenvalue weighted by atomic mass is 9.98. The number of fused-ring (bicyclic) bond motifs is 3. The van der Waals surface area contributed by atoms with Gasteiger partial charge in [-0.15, -0.1) is 0 Å². The van der Waals surface area contributed by atoms with E-state index in [1.165, 1.54) is 12.0 Å². The molecule has 2 aliphatic rings. The number of amides is 2. The number of hydrogen-bond donors (Lipinski definition) is 2. The molecule has 0 saturated carbocycles. The summed E-state index contributed by atoms with van der Waals surface area (Å²) in [4.78, 5) is 38.9. The molecule has 9 nitrogen and oxygen atoms in total. The summed E-state index contributed by atoms with van der Waals surface area (Å²) in [6.07, 6.45) is -1.64. The lowest BCUT2D eigenvalue weighted by molar-refractivity contribution is -0.149. The zero-order valence-electron chi connectivity index (χ0n) is 19.8. The van der Waals surface area contributed by atoms with Gasteiger partial charge in [-0.3, -0.25) is 9.59 Å². The van der Waals surface area contributed by atoms with E-state index < -0.39 is 36.2 Å². The first-order valence-corrected chi connectivity index (χ1v) is 11.6. The van der Waals surface area contributed by atoms with Crippen LogP contribution in [0.2, 0.25) is 0 Å². The second-order valence-electron chi connectivity index (χ2n) is 8.75. The second-order valence-corrected chi connectivity index (χ2v) is 8.75. The second kappa shape index (κ2) is 10.9. The Morgan fingerprint density at radius 3 is 2.34 bits per heavy atom. The molecule has 186 valence electrons. The van der Waals surface area contributed by atoms with Crippen LogP contribution in [0.4, 0.5) is 4.79 Å². The third-order valence-electron chi connectivity index (χ3n) is 6.65. The number of carbonyl (C=O) groups is 3. The van der Waals surface area contributed by atoms with Crippen LogP contribution in [0.5, 0.6) is 0 Å². The lowest BCUT2D eigenvalue weighted by Crippen LogP contribution is -2.59. The van der Waals surface area contributed by atoms with E-state index >= 15 is 0 Å². The molecule has 0 aromatic heterocycles. The minimum Gasteiger partial charge on any atom is -0.481 e. The zero-order chi connectivity index (χ0) is 24.9. The highest BCUT2D eigenvalue weighted by molar-refractivity contribution is 5.87. The van der Waals surface area contributed by atoms with Crippen molar-refractivity contribution in [2.75, 3.05) is 33.5 Å². The molecule has 2 amide bonds. The molecular weight excluding hydrogens is 452 g/mol. The van der Waals surface area contributed by atoms with E-state index in [0.29, 0.717) is 6.61 Å². The summed E-state index contributed by atoms with van der Waals surface area (Å²) in [6, 6.07) is 14.4. The van der Waals surface area contributed by atoms with Gasteiger partial charge in [-0.1, -0.05) is 48.5 Å². The Bertz CT molecular complexity index is 1040. The summed E-state index contributed by atoms with van der Waals surface area (Å²) in [6.45, 7) is 2.42. The Kier molecular flexibility index (Phi) is 7.67. The maximum atomic E-state index is 13.3. The molecule has 1 saturated heterocycles. The van der Waals surface area contributed by atoms with Gasteiger partial charge >= 0.3 is 12.1 Å². The highest BCUT2D eigenvalue weighted by Gasteiger charge is 2.37. The molecule has 2 N–H and O–H groups in total. The number of carbonyl (C=O) groups excluding carboxylic acids is 2. The first-order valence-electron chi connectivity index (χ1n) is 11.6. The topological polar surface area (TPSA) is 114 Å². The van der Waals surface area contributed by atoms with Crippen LogP contribution in [-0.4, -0.2) is 79.6 Å². The molecule has 3 unspecified atom stereocenters. The number of nitrogens with one attached hydrogen (secondary N) is 1. The van der Waals surface area contributed by atoms with Crippen molar-refractivity contribution in [1.29, 1.82) is 0 Å². The van der Waals surface area contributed by atoms with Gasteiger partial charge in [0.05, 0.1) is 31.8 Å². The van der Waals surface area contributed by atoms with Crippen LogP contribution in [-0.2, 0) is 23.8 Å². The van der Waals surface area contributed by atoms with Gasteiger partial charge in [-0.2, -0.15) is 0 Å². The summed E-state index contributed by atoms with van der Waals surface area (Å²) < 4.78 is 16.3. The fourth-order valence-corrected chi connectivity index (χ4v) is 4.78. The molecule has 4 rings (SSSR count). The van der Waals surface area contributed by atoms with Gasteiger partial charge in [0, 0.05) is 19.6 Å². The number of benzene rings is 2. The van der Waals surface area contributed by atoms with Crippen LogP contribution in [0.3, 0.4) is 0 Å². The van der Waals surface area contributed by atoms with Crippen molar-refractivity contribution >= 4 is 18.0 Å². The number of morpholine rings is 1. The maximum absolute atomic E-state index is 13.3. The third kappa shape index (κ3) is 5.31. The highest BCUT2D eigenvalue weighted by atomic mass is 16.5. The van der Waals surface area contributed by atoms with Crippen molar-refractivity contribution in [3.05, 3.63) is 59.7 Å². The molecular formula is C26H30N2O7. The molecule has 0 bridgehead atoms. The van der Waals surface area contributed by atoms with Crippen LogP contribution >= 0.6 is 0 Å². The van der Waals surface area contributed by atoms with Crippen molar-refractivity contribution < 1.29 is 33.7 Å². The molecule has 1 fully saturated rings. The van der Waals surface area contributed by atoms with E-state index in [1.54, 1.807) is 6.92 Å². The maximum Gasteiger partial charge on any atom is 0.407 e. The van der Waals surface area contributed by atoms with Gasteiger partial charge in [0.2, 0.25) is 5.91 Å². The van der Waals surface area contributed by atoms with Gasteiger partial charge in [-0.05, 0) is 29.2 Å². The number of ether oxygens (including phenoxy) is 3. The quantitative estimate of drug-likeness (QED) is 0.594. The number of nitrogens with zero attached hydrogens (tertiary/aromatic N) is 1. The van der Waals surface area contributed by atoms with Gasteiger partial charge < -0.3 is 29.5 Å². The van der Waals surface area contributed by atoms with Crippen molar-refractivity contribution in [1.82, 2.24) is 10.2 Å². The van der Waals surface area contributed by atoms with Crippen molar-refractivity contribution in [3.8, 4) is 11.1 Å². The Balaban J connectivity index is 1.45. The van der Waals surface area contributed by atoms with Crippen LogP contribution in [0.1, 0.15) is 30.4 Å². The molecule has 2 aromatic rings. The van der Waals surface area contributed by atoms with Crippen LogP contribution in [0.25, 0.3) is 11.1 Å². The van der Waals surface area contributed by atoms with Gasteiger partial charge in [0.25, 0.3) is 0 Å². The lowest BCUT2D eigenvalue weighted by Gasteiger charge is -2.38. The van der Waals surface area contributed by atoms with E-state index in [9.17, 15) is 19.5 Å². The molecule has 1 aliphatic carbocycles. The first kappa shape index (κ1) is 24.7. The molecule has 1 aliphatic heterocycles. The largest absolute Gasteiger partial charge is 0.481 e. The van der Waals surface area contributed by atoms with E-state index in [1.807, 2.05) is 36.4 Å². The summed E-state index contributed by atoms with van der Waals surface area (Å²) >= 11 is 0. The number of carboxylic acids is 1. The molecule has 0 radical (unpaired) electrons. The predicted molar refractivity (Wildman–Crippen MR) is 127 cm³/mol. The average Bonchev–Trinajstić information content (AvgIpc) is 3.19. The summed E-state index contributed by atoms with van der Waals surface area (Å²) in [5.41, 5.74) is 4.42. The Hall–Kier alpha value is -3.43. The summed E-state index contributed by atoms with van der Waals surface area (Å²) in [5, 5.41) is 11.9. The number of aliphatic carboxylic acids is 1. The van der Waals surface area contributed by atoms with Crippen LogP contribution in [0, 0.1) is 0 Å². The fourth-order valence-electron chi connectivity index (χ4n) is 4.78. The van der Waals surface area contributed by atoms with E-state index in [2.05, 4.69) is 17.4 Å². The smallest absolute Gasteiger partial charge is 0.407 e. The summed E-state index contributed by atoms with van der Waals surface area (Å²) in [5.74, 6) is -1.57. The van der Waals surface area contributed by atoms with Gasteiger partial charge in [0.15, 0.2) is 0 Å². The van der Waals surface area contributed by atoms with Crippen molar-refractivity contribution in [3.63, 3.8) is 0 Å². The van der Waals surface area contributed by atoms with E-state index in [0.717, 1.165) is 22.3 Å². The zero-order valence-corrected chi connectivity index (χ0v) is 19.8. The standard InChI is InChI=1S/C26H30N2O7/c1-16(33-2)24(25(31)28-11-12-34-14-17(28)13-23(29)30)27-26(32)35-15-22-20-9-5-3-7-18(20)19-8-4-6-10-21(19)22/h3-10,16-17,22,24H,11-15H2,1-2H3,(H,27,32)(H,29,30). The normalized spacial score (nSPS) is 18.8. The molecule has 9 heteroatoms. The molecule has 3 atom stereocenters. The minimum absolute atomic E-state index is 0.110. The van der Waals surface area contributed by atoms with Gasteiger partial charge in [0.1, 0.15) is 12.6 Å². The Morgan fingerprint density at radius 1 is 1.11 bits per heavy atom. The van der Waals surface area contributed by atoms with Gasteiger partial charge in [-0.25, -0.2) is 4.79 Å². The number of methoxy groups -OCH3 is 1.